The maximum absolute atomic E-state index is 10.6. The summed E-state index contributed by atoms with van der Waals surface area (Å²) in [5.74, 6) is 0. The Labute approximate surface area is 54.9 Å². The van der Waals surface area contributed by atoms with Gasteiger partial charge in [0.15, 0.2) is 0 Å². The summed E-state index contributed by atoms with van der Waals surface area (Å²) in [6.45, 7) is 0. The highest BCUT2D eigenvalue weighted by atomic mass is 32.2. The molecule has 4 heteroatoms. The molecule has 48 valence electrons. The SMILES string of the molecule is O=C1C=CNC=CS1=O. The summed E-state index contributed by atoms with van der Waals surface area (Å²) in [6.07, 6.45) is 4.16. The van der Waals surface area contributed by atoms with Gasteiger partial charge < -0.3 is 5.32 Å². The van der Waals surface area contributed by atoms with Gasteiger partial charge >= 0.3 is 0 Å². The fraction of sp³-hybridized carbons (Fsp3) is 0. The van der Waals surface area contributed by atoms with Gasteiger partial charge in [-0.05, 0) is 0 Å². The molecule has 0 aromatic carbocycles. The van der Waals surface area contributed by atoms with Crippen LogP contribution in [0.2, 0.25) is 0 Å². The Bertz CT molecular complexity index is 185. The van der Waals surface area contributed by atoms with Crippen LogP contribution in [0.15, 0.2) is 23.9 Å². The quantitative estimate of drug-likeness (QED) is 0.513. The Balaban J connectivity index is 2.86. The van der Waals surface area contributed by atoms with Crippen molar-refractivity contribution in [2.24, 2.45) is 0 Å². The lowest BCUT2D eigenvalue weighted by molar-refractivity contribution is -0.107. The molecule has 1 rings (SSSR count). The van der Waals surface area contributed by atoms with Crippen molar-refractivity contribution >= 4 is 15.9 Å². The number of carbonyl (C=O) groups is 1. The highest BCUT2D eigenvalue weighted by Gasteiger charge is 2.04. The third-order valence-electron chi connectivity index (χ3n) is 0.802. The second-order valence-corrected chi connectivity index (χ2v) is 2.69. The normalized spacial score (nSPS) is 25.3. The van der Waals surface area contributed by atoms with Gasteiger partial charge in [-0.2, -0.15) is 0 Å². The van der Waals surface area contributed by atoms with Gasteiger partial charge in [-0.1, -0.05) is 0 Å². The van der Waals surface area contributed by atoms with Crippen molar-refractivity contribution in [2.45, 2.75) is 0 Å². The second-order valence-electron chi connectivity index (χ2n) is 1.42. The maximum atomic E-state index is 10.6. The molecule has 0 saturated heterocycles. The van der Waals surface area contributed by atoms with Gasteiger partial charge in [-0.3, -0.25) is 4.79 Å². The van der Waals surface area contributed by atoms with E-state index in [2.05, 4.69) is 5.32 Å². The van der Waals surface area contributed by atoms with Gasteiger partial charge in [0, 0.05) is 23.9 Å². The van der Waals surface area contributed by atoms with Crippen LogP contribution in [-0.2, 0) is 15.6 Å². The van der Waals surface area contributed by atoms with Crippen LogP contribution in [0.1, 0.15) is 0 Å². The molecule has 0 fully saturated rings. The van der Waals surface area contributed by atoms with E-state index >= 15 is 0 Å². The number of hydrogen-bond acceptors (Lipinski definition) is 3. The molecule has 0 aromatic rings. The van der Waals surface area contributed by atoms with Crippen molar-refractivity contribution in [3.8, 4) is 0 Å². The lowest BCUT2D eigenvalue weighted by Crippen LogP contribution is -1.97. The third kappa shape index (κ3) is 1.50. The second kappa shape index (κ2) is 2.59. The monoisotopic (exact) mass is 143 g/mol. The summed E-state index contributed by atoms with van der Waals surface area (Å²) in [6, 6.07) is 0. The number of rotatable bonds is 0. The van der Waals surface area contributed by atoms with Gasteiger partial charge in [0.2, 0.25) is 5.12 Å². The average molecular weight is 143 g/mol. The van der Waals surface area contributed by atoms with Gasteiger partial charge in [0.1, 0.15) is 10.8 Å². The lowest BCUT2D eigenvalue weighted by atomic mass is 10.7. The molecule has 0 bridgehead atoms. The fourth-order valence-electron chi connectivity index (χ4n) is 0.407. The first-order valence-electron chi connectivity index (χ1n) is 2.34. The van der Waals surface area contributed by atoms with Crippen molar-refractivity contribution in [3.05, 3.63) is 23.9 Å². The van der Waals surface area contributed by atoms with E-state index in [1.54, 1.807) is 0 Å². The fourth-order valence-corrected chi connectivity index (χ4v) is 0.945. The van der Waals surface area contributed by atoms with Crippen LogP contribution in [-0.4, -0.2) is 9.32 Å². The van der Waals surface area contributed by atoms with Crippen LogP contribution in [0, 0.1) is 0 Å². The number of carbonyl (C=O) groups excluding carboxylic acids is 1. The number of hydrogen-bond donors (Lipinski definition) is 1. The topological polar surface area (TPSA) is 46.2 Å². The van der Waals surface area contributed by atoms with Crippen molar-refractivity contribution in [1.29, 1.82) is 0 Å². The molecule has 9 heavy (non-hydrogen) atoms. The molecule has 1 aliphatic heterocycles. The minimum absolute atomic E-state index is 0.378. The van der Waals surface area contributed by atoms with E-state index in [9.17, 15) is 9.00 Å². The van der Waals surface area contributed by atoms with Crippen molar-refractivity contribution in [3.63, 3.8) is 0 Å². The summed E-state index contributed by atoms with van der Waals surface area (Å²) in [7, 11) is -1.47. The van der Waals surface area contributed by atoms with E-state index in [-0.39, 0.29) is 5.12 Å². The zero-order chi connectivity index (χ0) is 6.69. The first kappa shape index (κ1) is 6.22. The predicted octanol–water partition coefficient (Wildman–Crippen LogP) is -0.150. The standard InChI is InChI=1S/C5H5NO2S/c7-5-1-2-6-3-4-9(5)8/h1-4,6H. The molecule has 1 atom stereocenters. The summed E-state index contributed by atoms with van der Waals surface area (Å²) in [5.41, 5.74) is 0. The first-order valence-corrected chi connectivity index (χ1v) is 3.56. The van der Waals surface area contributed by atoms with Crippen LogP contribution in [0.25, 0.3) is 0 Å². The van der Waals surface area contributed by atoms with E-state index in [0.29, 0.717) is 0 Å². The Morgan fingerprint density at radius 1 is 1.44 bits per heavy atom. The van der Waals surface area contributed by atoms with E-state index in [1.807, 2.05) is 0 Å². The van der Waals surface area contributed by atoms with E-state index < -0.39 is 10.8 Å². The number of nitrogens with one attached hydrogen (secondary N) is 1. The molecular formula is C5H5NO2S. The van der Waals surface area contributed by atoms with Crippen LogP contribution in [0.4, 0.5) is 0 Å². The van der Waals surface area contributed by atoms with Crippen LogP contribution >= 0.6 is 0 Å². The van der Waals surface area contributed by atoms with E-state index in [0.717, 1.165) is 0 Å². The van der Waals surface area contributed by atoms with Gasteiger partial charge in [0.25, 0.3) is 0 Å². The minimum Gasteiger partial charge on any atom is -0.367 e. The Morgan fingerprint density at radius 3 is 3.00 bits per heavy atom. The summed E-state index contributed by atoms with van der Waals surface area (Å²) in [4.78, 5) is 10.5. The molecule has 1 aliphatic rings. The molecule has 1 unspecified atom stereocenters. The molecule has 0 radical (unpaired) electrons. The minimum atomic E-state index is -1.47. The Kier molecular flexibility index (Phi) is 1.79. The van der Waals surface area contributed by atoms with Crippen molar-refractivity contribution in [1.82, 2.24) is 5.32 Å². The molecule has 0 amide bonds. The average Bonchev–Trinajstić information content (AvgIpc) is 1.99. The molecule has 3 nitrogen and oxygen atoms in total. The highest BCUT2D eigenvalue weighted by molar-refractivity contribution is 8.03. The van der Waals surface area contributed by atoms with Crippen LogP contribution in [0.5, 0.6) is 0 Å². The van der Waals surface area contributed by atoms with Gasteiger partial charge in [0.05, 0.1) is 0 Å². The van der Waals surface area contributed by atoms with Crippen LogP contribution in [0.3, 0.4) is 0 Å². The lowest BCUT2D eigenvalue weighted by Gasteiger charge is -1.79. The van der Waals surface area contributed by atoms with Crippen molar-refractivity contribution < 1.29 is 9.00 Å². The van der Waals surface area contributed by atoms with Gasteiger partial charge in [-0.25, -0.2) is 4.21 Å². The highest BCUT2D eigenvalue weighted by Crippen LogP contribution is 1.91. The maximum Gasteiger partial charge on any atom is 0.247 e. The Morgan fingerprint density at radius 2 is 2.22 bits per heavy atom. The third-order valence-corrected chi connectivity index (χ3v) is 1.72. The first-order chi connectivity index (χ1) is 4.30. The molecule has 0 aliphatic carbocycles. The van der Waals surface area contributed by atoms with E-state index in [4.69, 9.17) is 0 Å². The smallest absolute Gasteiger partial charge is 0.247 e. The molecule has 0 saturated carbocycles. The zero-order valence-electron chi connectivity index (χ0n) is 4.53. The molecule has 1 N–H and O–H groups in total. The largest absolute Gasteiger partial charge is 0.367 e. The molecular weight excluding hydrogens is 138 g/mol. The molecule has 0 spiro atoms. The van der Waals surface area contributed by atoms with Gasteiger partial charge in [-0.15, -0.1) is 0 Å². The Hall–Kier alpha value is -0.900. The van der Waals surface area contributed by atoms with Crippen LogP contribution < -0.4 is 5.32 Å². The summed E-state index contributed by atoms with van der Waals surface area (Å²) in [5, 5.41) is 3.56. The van der Waals surface area contributed by atoms with E-state index in [1.165, 1.54) is 23.9 Å². The summed E-state index contributed by atoms with van der Waals surface area (Å²) >= 11 is 0. The molecule has 1 heterocycles. The summed E-state index contributed by atoms with van der Waals surface area (Å²) < 4.78 is 10.6. The zero-order valence-corrected chi connectivity index (χ0v) is 5.35. The molecule has 0 aromatic heterocycles. The van der Waals surface area contributed by atoms with Crippen molar-refractivity contribution in [2.75, 3.05) is 0 Å². The predicted molar refractivity (Wildman–Crippen MR) is 34.6 cm³/mol.